The molecule has 8 nitrogen and oxygen atoms in total. The van der Waals surface area contributed by atoms with Gasteiger partial charge in [-0.2, -0.15) is 5.10 Å². The molecule has 0 radical (unpaired) electrons. The summed E-state index contributed by atoms with van der Waals surface area (Å²) >= 11 is 3.38. The van der Waals surface area contributed by atoms with E-state index >= 15 is 0 Å². The van der Waals surface area contributed by atoms with Gasteiger partial charge in [-0.25, -0.2) is 10.1 Å². The maximum atomic E-state index is 11.7. The number of hydrazone groups is 1. The van der Waals surface area contributed by atoms with E-state index in [1.165, 1.54) is 6.21 Å². The molecule has 0 unspecified atom stereocenters. The minimum Gasteiger partial charge on any atom is -0.455 e. The fourth-order valence-electron chi connectivity index (χ4n) is 1.75. The number of furan rings is 1. The van der Waals surface area contributed by atoms with E-state index in [-0.39, 0.29) is 11.5 Å². The van der Waals surface area contributed by atoms with Crippen LogP contribution in [-0.4, -0.2) is 22.4 Å². The van der Waals surface area contributed by atoms with Crippen molar-refractivity contribution in [3.8, 4) is 11.3 Å². The molecule has 0 spiro atoms. The molecule has 116 valence electrons. The molecular weight excluding hydrogens is 366 g/mol. The highest BCUT2D eigenvalue weighted by Gasteiger charge is 2.14. The zero-order chi connectivity index (χ0) is 16.2. The lowest BCUT2D eigenvalue weighted by atomic mass is 10.2. The first-order chi connectivity index (χ1) is 11.1. The van der Waals surface area contributed by atoms with Crippen LogP contribution >= 0.6 is 15.9 Å². The van der Waals surface area contributed by atoms with Crippen molar-refractivity contribution in [1.29, 1.82) is 0 Å². The Hall–Kier alpha value is -2.94. The number of carbonyl (C=O) groups excluding carboxylic acids is 1. The second kappa shape index (κ2) is 6.44. The summed E-state index contributed by atoms with van der Waals surface area (Å²) in [5.74, 6) is 0.442. The number of nitrogens with zero attached hydrogens (tertiary/aromatic N) is 3. The minimum atomic E-state index is -0.625. The molecule has 0 saturated carbocycles. The van der Waals surface area contributed by atoms with Crippen LogP contribution in [0.2, 0.25) is 0 Å². The highest BCUT2D eigenvalue weighted by atomic mass is 79.9. The fraction of sp³-hybridized carbons (Fsp3) is 0. The van der Waals surface area contributed by atoms with E-state index in [1.807, 2.05) is 30.3 Å². The van der Waals surface area contributed by atoms with Gasteiger partial charge in [0.05, 0.1) is 6.21 Å². The van der Waals surface area contributed by atoms with Crippen molar-refractivity contribution in [3.63, 3.8) is 0 Å². The minimum absolute atomic E-state index is 0.103. The molecule has 0 aliphatic rings. The fourth-order valence-corrected chi connectivity index (χ4v) is 2.02. The number of hydrogen-bond acceptors (Lipinski definition) is 7. The summed E-state index contributed by atoms with van der Waals surface area (Å²) in [6, 6.07) is 11.2. The second-order valence-corrected chi connectivity index (χ2v) is 5.32. The van der Waals surface area contributed by atoms with E-state index in [0.717, 1.165) is 10.0 Å². The highest BCUT2D eigenvalue weighted by molar-refractivity contribution is 9.10. The summed E-state index contributed by atoms with van der Waals surface area (Å²) in [5, 5.41) is 10.4. The van der Waals surface area contributed by atoms with Crippen LogP contribution in [0.1, 0.15) is 16.2 Å². The first kappa shape index (κ1) is 15.0. The quantitative estimate of drug-likeness (QED) is 0.533. The number of carbonyl (C=O) groups is 1. The molecular formula is C14H10BrN5O3. The van der Waals surface area contributed by atoms with Crippen molar-refractivity contribution < 1.29 is 13.8 Å². The maximum absolute atomic E-state index is 11.7. The molecule has 3 rings (SSSR count). The molecule has 0 aliphatic heterocycles. The zero-order valence-electron chi connectivity index (χ0n) is 11.6. The van der Waals surface area contributed by atoms with E-state index in [0.29, 0.717) is 11.5 Å². The zero-order valence-corrected chi connectivity index (χ0v) is 13.1. The highest BCUT2D eigenvalue weighted by Crippen LogP contribution is 2.23. The Labute approximate surface area is 138 Å². The van der Waals surface area contributed by atoms with Gasteiger partial charge in [0.1, 0.15) is 11.5 Å². The smallest absolute Gasteiger partial charge is 0.297 e. The van der Waals surface area contributed by atoms with Gasteiger partial charge in [-0.15, -0.1) is 0 Å². The van der Waals surface area contributed by atoms with Crippen molar-refractivity contribution >= 4 is 33.9 Å². The van der Waals surface area contributed by atoms with Gasteiger partial charge < -0.3 is 10.2 Å². The lowest BCUT2D eigenvalue weighted by molar-refractivity contribution is 0.0946. The van der Waals surface area contributed by atoms with Crippen LogP contribution in [-0.2, 0) is 0 Å². The summed E-state index contributed by atoms with van der Waals surface area (Å²) < 4.78 is 10.9. The lowest BCUT2D eigenvalue weighted by Gasteiger charge is -1.96. The van der Waals surface area contributed by atoms with Crippen LogP contribution < -0.4 is 11.2 Å². The number of benzene rings is 1. The number of rotatable bonds is 4. The molecule has 1 aromatic carbocycles. The first-order valence-electron chi connectivity index (χ1n) is 6.40. The van der Waals surface area contributed by atoms with Gasteiger partial charge in [-0.3, -0.25) is 4.79 Å². The molecule has 0 aliphatic carbocycles. The van der Waals surface area contributed by atoms with Gasteiger partial charge in [-0.1, -0.05) is 28.1 Å². The Morgan fingerprint density at radius 3 is 2.70 bits per heavy atom. The summed E-state index contributed by atoms with van der Waals surface area (Å²) in [7, 11) is 0. The molecule has 2 aromatic heterocycles. The topological polar surface area (TPSA) is 120 Å². The molecule has 9 heteroatoms. The molecule has 0 atom stereocenters. The van der Waals surface area contributed by atoms with E-state index in [1.54, 1.807) is 6.07 Å². The lowest BCUT2D eigenvalue weighted by Crippen LogP contribution is -2.19. The normalized spacial score (nSPS) is 11.0. The Bertz CT molecular complexity index is 853. The predicted octanol–water partition coefficient (Wildman–Crippen LogP) is 2.44. The van der Waals surface area contributed by atoms with Crippen LogP contribution in [0.15, 0.2) is 55.0 Å². The monoisotopic (exact) mass is 375 g/mol. The van der Waals surface area contributed by atoms with E-state index < -0.39 is 5.91 Å². The third-order valence-electron chi connectivity index (χ3n) is 2.84. The molecule has 0 bridgehead atoms. The standard InChI is InChI=1S/C14H10BrN5O3/c15-9-3-1-8(2-4-9)11-6-5-10(22-11)7-17-18-14(21)12-13(16)20-23-19-12/h1-7H,(H2,16,20)(H,18,21). The third kappa shape index (κ3) is 3.46. The maximum Gasteiger partial charge on any atom is 0.297 e. The van der Waals surface area contributed by atoms with Gasteiger partial charge in [0.25, 0.3) is 5.91 Å². The Kier molecular flexibility index (Phi) is 4.20. The molecule has 1 amide bonds. The average Bonchev–Trinajstić information content (AvgIpc) is 3.17. The molecule has 23 heavy (non-hydrogen) atoms. The van der Waals surface area contributed by atoms with Gasteiger partial charge in [0.15, 0.2) is 0 Å². The van der Waals surface area contributed by atoms with Crippen LogP contribution in [0.5, 0.6) is 0 Å². The van der Waals surface area contributed by atoms with Gasteiger partial charge in [-0.05, 0) is 34.6 Å². The average molecular weight is 376 g/mol. The van der Waals surface area contributed by atoms with Crippen LogP contribution in [0.3, 0.4) is 0 Å². The van der Waals surface area contributed by atoms with E-state index in [2.05, 4.69) is 41.4 Å². The van der Waals surface area contributed by atoms with E-state index in [4.69, 9.17) is 10.2 Å². The molecule has 0 saturated heterocycles. The second-order valence-electron chi connectivity index (χ2n) is 4.41. The van der Waals surface area contributed by atoms with Crippen LogP contribution in [0.4, 0.5) is 5.82 Å². The number of hydrogen-bond donors (Lipinski definition) is 2. The van der Waals surface area contributed by atoms with E-state index in [9.17, 15) is 4.79 Å². The number of amides is 1. The largest absolute Gasteiger partial charge is 0.455 e. The van der Waals surface area contributed by atoms with Crippen molar-refractivity contribution in [2.45, 2.75) is 0 Å². The molecule has 0 fully saturated rings. The van der Waals surface area contributed by atoms with Gasteiger partial charge in [0, 0.05) is 10.0 Å². The van der Waals surface area contributed by atoms with Gasteiger partial charge in [0.2, 0.25) is 11.5 Å². The number of anilines is 1. The number of nitrogens with one attached hydrogen (secondary N) is 1. The molecule has 2 heterocycles. The van der Waals surface area contributed by atoms with Crippen molar-refractivity contribution in [3.05, 3.63) is 52.3 Å². The number of aromatic nitrogens is 2. The summed E-state index contributed by atoms with van der Waals surface area (Å²) in [6.07, 6.45) is 1.37. The first-order valence-corrected chi connectivity index (χ1v) is 7.20. The SMILES string of the molecule is Nc1nonc1C(=O)NN=Cc1ccc(-c2ccc(Br)cc2)o1. The predicted molar refractivity (Wildman–Crippen MR) is 85.6 cm³/mol. The van der Waals surface area contributed by atoms with Crippen LogP contribution in [0, 0.1) is 0 Å². The molecule has 3 N–H and O–H groups in total. The Morgan fingerprint density at radius 2 is 2.00 bits per heavy atom. The van der Waals surface area contributed by atoms with Crippen molar-refractivity contribution in [2.24, 2.45) is 5.10 Å². The molecule has 3 aromatic rings. The third-order valence-corrected chi connectivity index (χ3v) is 3.37. The summed E-state index contributed by atoms with van der Waals surface area (Å²) in [4.78, 5) is 11.7. The Morgan fingerprint density at radius 1 is 1.22 bits per heavy atom. The number of nitrogen functional groups attached to an aromatic ring is 1. The number of nitrogens with two attached hydrogens (primary N) is 1. The van der Waals surface area contributed by atoms with Crippen molar-refractivity contribution in [2.75, 3.05) is 5.73 Å². The summed E-state index contributed by atoms with van der Waals surface area (Å²) in [6.45, 7) is 0. The Balaban J connectivity index is 1.66. The van der Waals surface area contributed by atoms with Crippen molar-refractivity contribution in [1.82, 2.24) is 15.7 Å². The van der Waals surface area contributed by atoms with Crippen LogP contribution in [0.25, 0.3) is 11.3 Å². The number of halogens is 1. The summed E-state index contributed by atoms with van der Waals surface area (Å²) in [5.41, 5.74) is 8.45. The van der Waals surface area contributed by atoms with Gasteiger partial charge >= 0.3 is 0 Å².